The normalized spacial score (nSPS) is 13.3. The van der Waals surface area contributed by atoms with Crippen LogP contribution in [0.1, 0.15) is 46.9 Å². The first-order valence-corrected chi connectivity index (χ1v) is 10.6. The van der Waals surface area contributed by atoms with Gasteiger partial charge in [-0.25, -0.2) is 15.0 Å². The van der Waals surface area contributed by atoms with E-state index in [4.69, 9.17) is 4.55 Å². The van der Waals surface area contributed by atoms with Crippen LogP contribution in [0.2, 0.25) is 0 Å². The van der Waals surface area contributed by atoms with Gasteiger partial charge in [0.2, 0.25) is 5.16 Å². The molecule has 0 saturated heterocycles. The number of carbonyl (C=O) groups is 1. The molecule has 1 aliphatic heterocycles. The minimum absolute atomic E-state index is 0.162. The van der Waals surface area contributed by atoms with Gasteiger partial charge in [0.1, 0.15) is 5.82 Å². The van der Waals surface area contributed by atoms with Crippen molar-refractivity contribution in [2.45, 2.75) is 37.9 Å². The molecule has 0 atom stereocenters. The maximum atomic E-state index is 12.8. The Balaban J connectivity index is 1.50. The van der Waals surface area contributed by atoms with Crippen LogP contribution in [-0.2, 0) is 13.0 Å². The zero-order valence-electron chi connectivity index (χ0n) is 16.9. The van der Waals surface area contributed by atoms with Gasteiger partial charge in [-0.2, -0.15) is 0 Å². The standard InChI is InChI=1S/C22H23N5O2S/c1-14(2)15-4-3-5-18(10-15)25-21(28)16-6-8-23-20(11-16)27-9-7-19-17(13-27)12-24-22(26-19)30-29/h3-6,8,10-12,14,29H,7,9,13H2,1-2H3,(H,25,28). The Morgan fingerprint density at radius 3 is 2.90 bits per heavy atom. The number of benzene rings is 1. The van der Waals surface area contributed by atoms with Crippen molar-refractivity contribution in [2.24, 2.45) is 0 Å². The van der Waals surface area contributed by atoms with Gasteiger partial charge >= 0.3 is 0 Å². The zero-order valence-corrected chi connectivity index (χ0v) is 17.7. The Labute approximate surface area is 179 Å². The van der Waals surface area contributed by atoms with Crippen LogP contribution in [0.5, 0.6) is 0 Å². The molecule has 0 bridgehead atoms. The second-order valence-corrected chi connectivity index (χ2v) is 8.07. The third kappa shape index (κ3) is 4.44. The van der Waals surface area contributed by atoms with Gasteiger partial charge in [0.15, 0.2) is 0 Å². The molecule has 8 heteroatoms. The van der Waals surface area contributed by atoms with E-state index in [1.165, 1.54) is 5.56 Å². The molecule has 7 nitrogen and oxygen atoms in total. The van der Waals surface area contributed by atoms with Gasteiger partial charge < -0.3 is 14.8 Å². The Kier molecular flexibility index (Phi) is 5.96. The van der Waals surface area contributed by atoms with Crippen molar-refractivity contribution >= 4 is 29.5 Å². The van der Waals surface area contributed by atoms with Crippen LogP contribution in [-0.4, -0.2) is 32.0 Å². The second-order valence-electron chi connectivity index (χ2n) is 7.52. The highest BCUT2D eigenvalue weighted by Gasteiger charge is 2.20. The summed E-state index contributed by atoms with van der Waals surface area (Å²) in [6.07, 6.45) is 4.13. The summed E-state index contributed by atoms with van der Waals surface area (Å²) >= 11 is 0.554. The molecule has 1 aliphatic rings. The predicted octanol–water partition coefficient (Wildman–Crippen LogP) is 4.38. The molecule has 0 unspecified atom stereocenters. The van der Waals surface area contributed by atoms with Crippen molar-refractivity contribution in [3.05, 3.63) is 71.2 Å². The topological polar surface area (TPSA) is 91.2 Å². The fourth-order valence-corrected chi connectivity index (χ4v) is 3.70. The maximum absolute atomic E-state index is 12.8. The minimum Gasteiger partial charge on any atom is -0.352 e. The van der Waals surface area contributed by atoms with Crippen LogP contribution in [0.4, 0.5) is 11.5 Å². The minimum atomic E-state index is -0.162. The molecule has 0 fully saturated rings. The number of rotatable bonds is 5. The van der Waals surface area contributed by atoms with Crippen molar-refractivity contribution in [3.8, 4) is 0 Å². The van der Waals surface area contributed by atoms with E-state index >= 15 is 0 Å². The summed E-state index contributed by atoms with van der Waals surface area (Å²) in [4.78, 5) is 27.9. The lowest BCUT2D eigenvalue weighted by Crippen LogP contribution is -2.32. The lowest BCUT2D eigenvalue weighted by molar-refractivity contribution is 0.102. The molecular weight excluding hydrogens is 398 g/mol. The molecule has 4 rings (SSSR count). The number of nitrogens with zero attached hydrogens (tertiary/aromatic N) is 4. The van der Waals surface area contributed by atoms with Gasteiger partial charge in [-0.3, -0.25) is 4.79 Å². The number of anilines is 2. The predicted molar refractivity (Wildman–Crippen MR) is 118 cm³/mol. The smallest absolute Gasteiger partial charge is 0.255 e. The molecule has 0 aliphatic carbocycles. The van der Waals surface area contributed by atoms with Crippen molar-refractivity contribution in [2.75, 3.05) is 16.8 Å². The fraction of sp³-hybridized carbons (Fsp3) is 0.273. The van der Waals surface area contributed by atoms with Crippen molar-refractivity contribution in [1.29, 1.82) is 0 Å². The summed E-state index contributed by atoms with van der Waals surface area (Å²) in [5, 5.41) is 3.34. The highest BCUT2D eigenvalue weighted by Crippen LogP contribution is 2.24. The summed E-state index contributed by atoms with van der Waals surface area (Å²) in [6, 6.07) is 11.4. The highest BCUT2D eigenvalue weighted by atomic mass is 32.2. The SMILES string of the molecule is CC(C)c1cccc(NC(=O)c2ccnc(N3CCc4nc(SO)ncc4C3)c2)c1. The molecular formula is C22H23N5O2S. The number of amides is 1. The third-order valence-corrected chi connectivity index (χ3v) is 5.50. The first-order valence-electron chi connectivity index (χ1n) is 9.82. The van der Waals surface area contributed by atoms with Gasteiger partial charge in [0.25, 0.3) is 5.91 Å². The van der Waals surface area contributed by atoms with Crippen LogP contribution < -0.4 is 10.2 Å². The third-order valence-electron chi connectivity index (χ3n) is 5.14. The second kappa shape index (κ2) is 8.81. The molecule has 154 valence electrons. The molecule has 0 radical (unpaired) electrons. The van der Waals surface area contributed by atoms with Crippen LogP contribution >= 0.6 is 12.0 Å². The Hall–Kier alpha value is -2.97. The molecule has 2 aromatic heterocycles. The van der Waals surface area contributed by atoms with Gasteiger partial charge in [-0.1, -0.05) is 26.0 Å². The molecule has 2 N–H and O–H groups in total. The highest BCUT2D eigenvalue weighted by molar-refractivity contribution is 7.93. The molecule has 1 amide bonds. The van der Waals surface area contributed by atoms with Crippen molar-refractivity contribution < 1.29 is 9.35 Å². The summed E-state index contributed by atoms with van der Waals surface area (Å²) in [5.74, 6) is 0.974. The van der Waals surface area contributed by atoms with E-state index in [1.807, 2.05) is 24.3 Å². The van der Waals surface area contributed by atoms with Crippen LogP contribution in [0.15, 0.2) is 53.9 Å². The first kappa shape index (κ1) is 20.3. The summed E-state index contributed by atoms with van der Waals surface area (Å²) < 4.78 is 9.13. The molecule has 3 aromatic rings. The van der Waals surface area contributed by atoms with Crippen molar-refractivity contribution in [3.63, 3.8) is 0 Å². The number of nitrogens with one attached hydrogen (secondary N) is 1. The fourth-order valence-electron chi connectivity index (χ4n) is 3.45. The molecule has 3 heterocycles. The Morgan fingerprint density at radius 2 is 2.10 bits per heavy atom. The van der Waals surface area contributed by atoms with Gasteiger partial charge in [0.05, 0.1) is 17.7 Å². The average molecular weight is 422 g/mol. The molecule has 30 heavy (non-hydrogen) atoms. The van der Waals surface area contributed by atoms with Gasteiger partial charge in [-0.15, -0.1) is 0 Å². The lowest BCUT2D eigenvalue weighted by Gasteiger charge is -2.29. The largest absolute Gasteiger partial charge is 0.352 e. The van der Waals surface area contributed by atoms with E-state index in [0.717, 1.165) is 35.7 Å². The maximum Gasteiger partial charge on any atom is 0.255 e. The van der Waals surface area contributed by atoms with E-state index in [0.29, 0.717) is 35.2 Å². The summed E-state index contributed by atoms with van der Waals surface area (Å²) in [5.41, 5.74) is 4.47. The van der Waals surface area contributed by atoms with E-state index in [-0.39, 0.29) is 5.91 Å². The van der Waals surface area contributed by atoms with Crippen LogP contribution in [0.3, 0.4) is 0 Å². The Morgan fingerprint density at radius 1 is 1.23 bits per heavy atom. The summed E-state index contributed by atoms with van der Waals surface area (Å²) in [6.45, 7) is 5.59. The lowest BCUT2D eigenvalue weighted by atomic mass is 10.0. The van der Waals surface area contributed by atoms with E-state index < -0.39 is 0 Å². The van der Waals surface area contributed by atoms with Gasteiger partial charge in [-0.05, 0) is 35.7 Å². The number of hydrogen-bond donors (Lipinski definition) is 2. The van der Waals surface area contributed by atoms with E-state index in [2.05, 4.69) is 45.1 Å². The van der Waals surface area contributed by atoms with Crippen LogP contribution in [0, 0.1) is 0 Å². The summed E-state index contributed by atoms with van der Waals surface area (Å²) in [7, 11) is 0. The number of fused-ring (bicyclic) bond motifs is 1. The molecule has 1 aromatic carbocycles. The Bertz CT molecular complexity index is 1070. The van der Waals surface area contributed by atoms with Crippen LogP contribution in [0.25, 0.3) is 0 Å². The van der Waals surface area contributed by atoms with Gasteiger partial charge in [0, 0.05) is 48.7 Å². The quantitative estimate of drug-likeness (QED) is 0.467. The van der Waals surface area contributed by atoms with E-state index in [9.17, 15) is 4.79 Å². The van der Waals surface area contributed by atoms with E-state index in [1.54, 1.807) is 18.5 Å². The first-order chi connectivity index (χ1) is 14.5. The number of aromatic nitrogens is 3. The van der Waals surface area contributed by atoms with Crippen molar-refractivity contribution in [1.82, 2.24) is 15.0 Å². The number of carbonyl (C=O) groups excluding carboxylic acids is 1. The average Bonchev–Trinajstić information content (AvgIpc) is 2.78. The molecule has 0 saturated carbocycles. The molecule has 0 spiro atoms. The number of pyridine rings is 1. The monoisotopic (exact) mass is 421 g/mol. The number of hydrogen-bond acceptors (Lipinski definition) is 7. The zero-order chi connectivity index (χ0) is 21.1.